The van der Waals surface area contributed by atoms with E-state index in [0.29, 0.717) is 5.69 Å². The van der Waals surface area contributed by atoms with Gasteiger partial charge in [0.25, 0.3) is 0 Å². The zero-order valence-corrected chi connectivity index (χ0v) is 11.9. The molecule has 0 amide bonds. The summed E-state index contributed by atoms with van der Waals surface area (Å²) in [6.45, 7) is 2.07. The van der Waals surface area contributed by atoms with E-state index in [1.807, 2.05) is 12.1 Å². The topological polar surface area (TPSA) is 26.0 Å². The Labute approximate surface area is 112 Å². The molecule has 0 bridgehead atoms. The smallest absolute Gasteiger partial charge is 0.0609 e. The van der Waals surface area contributed by atoms with Crippen LogP contribution in [0.5, 0.6) is 0 Å². The van der Waals surface area contributed by atoms with Crippen molar-refractivity contribution in [2.24, 2.45) is 0 Å². The molecule has 0 saturated heterocycles. The summed E-state index contributed by atoms with van der Waals surface area (Å²) in [7, 11) is 0. The molecule has 0 saturated carbocycles. The zero-order valence-electron chi connectivity index (χ0n) is 8.72. The minimum atomic E-state index is 0.704. The van der Waals surface area contributed by atoms with Gasteiger partial charge in [-0.25, -0.2) is 0 Å². The summed E-state index contributed by atoms with van der Waals surface area (Å²) in [5.41, 5.74) is 9.98. The van der Waals surface area contributed by atoms with Crippen LogP contribution in [0.4, 0.5) is 5.69 Å². The Morgan fingerprint density at radius 2 is 2.00 bits per heavy atom. The van der Waals surface area contributed by atoms with Gasteiger partial charge in [-0.05, 0) is 56.5 Å². The molecule has 1 radical (unpaired) electrons. The fourth-order valence-corrected chi connectivity index (χ4v) is 2.66. The normalized spacial score (nSPS) is 10.4. The predicted molar refractivity (Wildman–Crippen MR) is 75.3 cm³/mol. The molecule has 0 fully saturated rings. The van der Waals surface area contributed by atoms with Crippen molar-refractivity contribution < 1.29 is 0 Å². The third-order valence-electron chi connectivity index (χ3n) is 2.36. The van der Waals surface area contributed by atoms with Crippen molar-refractivity contribution in [2.45, 2.75) is 6.92 Å². The molecule has 16 heavy (non-hydrogen) atoms. The summed E-state index contributed by atoms with van der Waals surface area (Å²) >= 11 is 6.89. The van der Waals surface area contributed by atoms with E-state index >= 15 is 0 Å². The molecule has 0 heterocycles. The van der Waals surface area contributed by atoms with Crippen LogP contribution in [0.2, 0.25) is 0 Å². The van der Waals surface area contributed by atoms with E-state index in [1.165, 1.54) is 5.56 Å². The van der Waals surface area contributed by atoms with E-state index in [-0.39, 0.29) is 0 Å². The monoisotopic (exact) mass is 338 g/mol. The fourth-order valence-electron chi connectivity index (χ4n) is 1.53. The van der Waals surface area contributed by atoms with Crippen LogP contribution in [0.1, 0.15) is 5.56 Å². The van der Waals surface area contributed by atoms with E-state index in [1.54, 1.807) is 0 Å². The number of hydrogen-bond donors (Lipinski definition) is 1. The molecule has 0 spiro atoms. The Bertz CT molecular complexity index is 535. The Kier molecular flexibility index (Phi) is 3.36. The number of anilines is 1. The number of nitrogen functional groups attached to an aromatic ring is 1. The standard InChI is InChI=1S/C13H10Br2N/c1-8-3-2-4-9(7-8)10-5-6-11(14)13(16)12(10)15/h2-4,6-7H,16H2,1H3. The van der Waals surface area contributed by atoms with Crippen molar-refractivity contribution in [3.8, 4) is 11.1 Å². The van der Waals surface area contributed by atoms with Crippen molar-refractivity contribution >= 4 is 37.5 Å². The quantitative estimate of drug-likeness (QED) is 0.757. The van der Waals surface area contributed by atoms with Crippen molar-refractivity contribution in [2.75, 3.05) is 5.73 Å². The molecule has 0 aliphatic carbocycles. The van der Waals surface area contributed by atoms with Crippen LogP contribution in [0.25, 0.3) is 11.1 Å². The van der Waals surface area contributed by atoms with Crippen molar-refractivity contribution in [3.05, 3.63) is 50.9 Å². The predicted octanol–water partition coefficient (Wildman–Crippen LogP) is 4.57. The highest BCUT2D eigenvalue weighted by atomic mass is 79.9. The van der Waals surface area contributed by atoms with Crippen molar-refractivity contribution in [1.29, 1.82) is 0 Å². The van der Waals surface area contributed by atoms with Gasteiger partial charge >= 0.3 is 0 Å². The Morgan fingerprint density at radius 3 is 2.69 bits per heavy atom. The van der Waals surface area contributed by atoms with Gasteiger partial charge in [-0.15, -0.1) is 0 Å². The molecule has 0 atom stereocenters. The summed E-state index contributed by atoms with van der Waals surface area (Å²) in [5, 5.41) is 0. The van der Waals surface area contributed by atoms with E-state index in [4.69, 9.17) is 5.73 Å². The lowest BCUT2D eigenvalue weighted by atomic mass is 10.0. The first-order valence-corrected chi connectivity index (χ1v) is 6.40. The number of rotatable bonds is 1. The zero-order chi connectivity index (χ0) is 11.7. The number of aryl methyl sites for hydroxylation is 1. The lowest BCUT2D eigenvalue weighted by Crippen LogP contribution is -1.91. The minimum Gasteiger partial charge on any atom is -0.397 e. The Morgan fingerprint density at radius 1 is 1.25 bits per heavy atom. The number of halogens is 2. The maximum Gasteiger partial charge on any atom is 0.0609 e. The molecule has 0 unspecified atom stereocenters. The van der Waals surface area contributed by atoms with E-state index in [0.717, 1.165) is 20.1 Å². The van der Waals surface area contributed by atoms with Crippen LogP contribution < -0.4 is 5.73 Å². The Balaban J connectivity index is 2.61. The molecule has 2 aromatic rings. The highest BCUT2D eigenvalue weighted by Gasteiger charge is 2.09. The van der Waals surface area contributed by atoms with Crippen LogP contribution >= 0.6 is 31.9 Å². The van der Waals surface area contributed by atoms with Gasteiger partial charge in [-0.2, -0.15) is 0 Å². The highest BCUT2D eigenvalue weighted by molar-refractivity contribution is 9.11. The molecule has 1 nitrogen and oxygen atoms in total. The maximum absolute atomic E-state index is 5.94. The van der Waals surface area contributed by atoms with Gasteiger partial charge in [0.05, 0.1) is 10.2 Å². The number of hydrogen-bond acceptors (Lipinski definition) is 1. The Hall–Kier alpha value is -0.800. The molecular weight excluding hydrogens is 330 g/mol. The van der Waals surface area contributed by atoms with E-state index < -0.39 is 0 Å². The summed E-state index contributed by atoms with van der Waals surface area (Å²) in [6.07, 6.45) is 0. The highest BCUT2D eigenvalue weighted by Crippen LogP contribution is 2.36. The van der Waals surface area contributed by atoms with Gasteiger partial charge in [0, 0.05) is 10.0 Å². The molecule has 81 valence electrons. The van der Waals surface area contributed by atoms with Gasteiger partial charge in [-0.1, -0.05) is 29.8 Å². The van der Waals surface area contributed by atoms with Crippen LogP contribution in [0.3, 0.4) is 0 Å². The largest absolute Gasteiger partial charge is 0.397 e. The lowest BCUT2D eigenvalue weighted by molar-refractivity contribution is 1.45. The molecule has 2 N–H and O–H groups in total. The van der Waals surface area contributed by atoms with Gasteiger partial charge in [-0.3, -0.25) is 0 Å². The minimum absolute atomic E-state index is 0.704. The van der Waals surface area contributed by atoms with Gasteiger partial charge in [0.2, 0.25) is 0 Å². The fraction of sp³-hybridized carbons (Fsp3) is 0.0769. The lowest BCUT2D eigenvalue weighted by Gasteiger charge is -2.09. The van der Waals surface area contributed by atoms with Crippen molar-refractivity contribution in [1.82, 2.24) is 0 Å². The van der Waals surface area contributed by atoms with E-state index in [9.17, 15) is 0 Å². The first-order chi connectivity index (χ1) is 7.59. The van der Waals surface area contributed by atoms with Crippen LogP contribution in [0, 0.1) is 13.0 Å². The average molecular weight is 340 g/mol. The third-order valence-corrected chi connectivity index (χ3v) is 3.84. The van der Waals surface area contributed by atoms with Crippen LogP contribution in [0.15, 0.2) is 39.3 Å². The molecule has 0 aliphatic heterocycles. The summed E-state index contributed by atoms with van der Waals surface area (Å²) in [4.78, 5) is 0. The molecule has 2 rings (SSSR count). The second-order valence-corrected chi connectivity index (χ2v) is 5.26. The SMILES string of the molecule is Cc1cccc(-c2[c]cc(Br)c(N)c2Br)c1. The molecule has 3 heteroatoms. The third kappa shape index (κ3) is 2.15. The molecule has 0 aliphatic rings. The maximum atomic E-state index is 5.94. The second kappa shape index (κ2) is 4.60. The van der Waals surface area contributed by atoms with Crippen LogP contribution in [-0.2, 0) is 0 Å². The molecule has 0 aromatic heterocycles. The van der Waals surface area contributed by atoms with Gasteiger partial charge < -0.3 is 5.73 Å². The summed E-state index contributed by atoms with van der Waals surface area (Å²) in [6, 6.07) is 13.3. The molecular formula is C13H10Br2N. The first kappa shape index (κ1) is 11.7. The second-order valence-electron chi connectivity index (χ2n) is 3.61. The number of nitrogens with two attached hydrogens (primary N) is 1. The van der Waals surface area contributed by atoms with E-state index in [2.05, 4.69) is 63.0 Å². The average Bonchev–Trinajstić information content (AvgIpc) is 2.26. The van der Waals surface area contributed by atoms with Crippen LogP contribution in [-0.4, -0.2) is 0 Å². The summed E-state index contributed by atoms with van der Waals surface area (Å²) in [5.74, 6) is 0. The first-order valence-electron chi connectivity index (χ1n) is 4.82. The molecule has 2 aromatic carbocycles. The number of benzene rings is 2. The van der Waals surface area contributed by atoms with Gasteiger partial charge in [0.1, 0.15) is 0 Å². The van der Waals surface area contributed by atoms with Crippen molar-refractivity contribution in [3.63, 3.8) is 0 Å². The van der Waals surface area contributed by atoms with Gasteiger partial charge in [0.15, 0.2) is 0 Å². The summed E-state index contributed by atoms with van der Waals surface area (Å²) < 4.78 is 1.74.